The van der Waals surface area contributed by atoms with E-state index in [0.717, 1.165) is 19.4 Å². The van der Waals surface area contributed by atoms with Crippen LogP contribution in [-0.2, 0) is 14.3 Å². The lowest BCUT2D eigenvalue weighted by Crippen LogP contribution is -2.36. The van der Waals surface area contributed by atoms with Crippen LogP contribution in [0.1, 0.15) is 26.2 Å². The third-order valence-electron chi connectivity index (χ3n) is 2.45. The van der Waals surface area contributed by atoms with Crippen LogP contribution in [0.25, 0.3) is 0 Å². The number of hydrogen-bond acceptors (Lipinski definition) is 5. The summed E-state index contributed by atoms with van der Waals surface area (Å²) in [6.07, 6.45) is 2.36. The van der Waals surface area contributed by atoms with Crippen molar-refractivity contribution >= 4 is 5.97 Å². The molecule has 1 fully saturated rings. The van der Waals surface area contributed by atoms with E-state index < -0.39 is 6.04 Å². The fourth-order valence-electron chi connectivity index (χ4n) is 1.63. The second-order valence-electron chi connectivity index (χ2n) is 3.73. The van der Waals surface area contributed by atoms with Crippen LogP contribution in [0.4, 0.5) is 0 Å². The molecule has 1 saturated heterocycles. The van der Waals surface area contributed by atoms with Gasteiger partial charge >= 0.3 is 5.97 Å². The molecule has 16 heavy (non-hydrogen) atoms. The first kappa shape index (κ1) is 12.9. The molecule has 5 heteroatoms. The molecule has 1 aliphatic rings. The SMILES string of the molecule is CCOC(=O)CC(C#N)NCC1CCCO1. The van der Waals surface area contributed by atoms with Gasteiger partial charge in [-0.15, -0.1) is 0 Å². The lowest BCUT2D eigenvalue weighted by Gasteiger charge is -2.14. The topological polar surface area (TPSA) is 71.4 Å². The molecule has 0 aromatic carbocycles. The first-order valence-corrected chi connectivity index (χ1v) is 5.66. The van der Waals surface area contributed by atoms with Crippen molar-refractivity contribution in [2.45, 2.75) is 38.3 Å². The Kier molecular flexibility index (Phi) is 5.83. The Labute approximate surface area is 95.7 Å². The number of carbonyl (C=O) groups is 1. The van der Waals surface area contributed by atoms with Crippen LogP contribution >= 0.6 is 0 Å². The van der Waals surface area contributed by atoms with Crippen molar-refractivity contribution in [3.63, 3.8) is 0 Å². The largest absolute Gasteiger partial charge is 0.466 e. The van der Waals surface area contributed by atoms with Gasteiger partial charge in [0.1, 0.15) is 6.04 Å². The Morgan fingerprint density at radius 3 is 3.12 bits per heavy atom. The standard InChI is InChI=1S/C11H18N2O3/c1-2-15-11(14)6-9(7-12)13-8-10-4-3-5-16-10/h9-10,13H,2-6,8H2,1H3. The predicted molar refractivity (Wildman–Crippen MR) is 57.6 cm³/mol. The smallest absolute Gasteiger partial charge is 0.308 e. The fourth-order valence-corrected chi connectivity index (χ4v) is 1.63. The Hall–Kier alpha value is -1.12. The van der Waals surface area contributed by atoms with Crippen LogP contribution in [0.15, 0.2) is 0 Å². The lowest BCUT2D eigenvalue weighted by atomic mass is 10.2. The van der Waals surface area contributed by atoms with Crippen molar-refractivity contribution in [3.8, 4) is 6.07 Å². The zero-order valence-corrected chi connectivity index (χ0v) is 9.57. The van der Waals surface area contributed by atoms with Gasteiger partial charge in [-0.2, -0.15) is 5.26 Å². The highest BCUT2D eigenvalue weighted by Gasteiger charge is 2.19. The van der Waals surface area contributed by atoms with E-state index in [2.05, 4.69) is 5.32 Å². The van der Waals surface area contributed by atoms with E-state index >= 15 is 0 Å². The molecule has 2 atom stereocenters. The Balaban J connectivity index is 2.20. The van der Waals surface area contributed by atoms with Crippen molar-refractivity contribution in [1.29, 1.82) is 5.26 Å². The van der Waals surface area contributed by atoms with E-state index in [1.165, 1.54) is 0 Å². The number of nitrogens with one attached hydrogen (secondary N) is 1. The summed E-state index contributed by atoms with van der Waals surface area (Å²) < 4.78 is 10.2. The van der Waals surface area contributed by atoms with E-state index in [1.54, 1.807) is 6.92 Å². The molecule has 0 saturated carbocycles. The van der Waals surface area contributed by atoms with Crippen LogP contribution in [0.2, 0.25) is 0 Å². The first-order chi connectivity index (χ1) is 7.76. The molecule has 0 aliphatic carbocycles. The summed E-state index contributed by atoms with van der Waals surface area (Å²) in [5.41, 5.74) is 0. The van der Waals surface area contributed by atoms with Crippen LogP contribution in [0, 0.1) is 11.3 Å². The van der Waals surface area contributed by atoms with Crippen molar-refractivity contribution in [1.82, 2.24) is 5.32 Å². The van der Waals surface area contributed by atoms with Gasteiger partial charge < -0.3 is 9.47 Å². The Morgan fingerprint density at radius 1 is 1.75 bits per heavy atom. The number of ether oxygens (including phenoxy) is 2. The number of nitriles is 1. The first-order valence-electron chi connectivity index (χ1n) is 5.66. The van der Waals surface area contributed by atoms with Crippen LogP contribution in [-0.4, -0.2) is 37.9 Å². The van der Waals surface area contributed by atoms with Gasteiger partial charge in [0.05, 0.1) is 25.2 Å². The van der Waals surface area contributed by atoms with E-state index in [-0.39, 0.29) is 18.5 Å². The third kappa shape index (κ3) is 4.60. The van der Waals surface area contributed by atoms with E-state index in [9.17, 15) is 4.79 Å². The molecule has 0 aromatic rings. The molecule has 1 heterocycles. The van der Waals surface area contributed by atoms with Crippen LogP contribution < -0.4 is 5.32 Å². The third-order valence-corrected chi connectivity index (χ3v) is 2.45. The summed E-state index contributed by atoms with van der Waals surface area (Å²) in [5.74, 6) is -0.339. The molecule has 0 aromatic heterocycles. The second-order valence-corrected chi connectivity index (χ2v) is 3.73. The number of rotatable bonds is 6. The highest BCUT2D eigenvalue weighted by atomic mass is 16.5. The van der Waals surface area contributed by atoms with Gasteiger partial charge in [0.15, 0.2) is 0 Å². The van der Waals surface area contributed by atoms with E-state index in [0.29, 0.717) is 13.2 Å². The zero-order chi connectivity index (χ0) is 11.8. The maximum absolute atomic E-state index is 11.2. The van der Waals surface area contributed by atoms with Gasteiger partial charge in [-0.25, -0.2) is 0 Å². The monoisotopic (exact) mass is 226 g/mol. The summed E-state index contributed by atoms with van der Waals surface area (Å²) in [5, 5.41) is 11.9. The summed E-state index contributed by atoms with van der Waals surface area (Å²) in [6.45, 7) is 3.51. The predicted octanol–water partition coefficient (Wildman–Crippen LogP) is 0.600. The molecule has 1 aliphatic heterocycles. The maximum atomic E-state index is 11.2. The van der Waals surface area contributed by atoms with Gasteiger partial charge in [0.25, 0.3) is 0 Å². The zero-order valence-electron chi connectivity index (χ0n) is 9.57. The maximum Gasteiger partial charge on any atom is 0.308 e. The second kappa shape index (κ2) is 7.20. The van der Waals surface area contributed by atoms with Gasteiger partial charge in [-0.1, -0.05) is 0 Å². The lowest BCUT2D eigenvalue weighted by molar-refractivity contribution is -0.143. The summed E-state index contributed by atoms with van der Waals surface area (Å²) in [4.78, 5) is 11.2. The van der Waals surface area contributed by atoms with E-state index in [4.69, 9.17) is 14.7 Å². The molecule has 0 bridgehead atoms. The fraction of sp³-hybridized carbons (Fsp3) is 0.818. The Morgan fingerprint density at radius 2 is 2.56 bits per heavy atom. The van der Waals surface area contributed by atoms with Crippen molar-refractivity contribution in [2.75, 3.05) is 19.8 Å². The van der Waals surface area contributed by atoms with E-state index in [1.807, 2.05) is 6.07 Å². The molecule has 1 rings (SSSR count). The molecular formula is C11H18N2O3. The van der Waals surface area contributed by atoms with Gasteiger partial charge in [-0.05, 0) is 19.8 Å². The number of hydrogen-bond donors (Lipinski definition) is 1. The summed E-state index contributed by atoms with van der Waals surface area (Å²) in [7, 11) is 0. The van der Waals surface area contributed by atoms with Gasteiger partial charge in [-0.3, -0.25) is 10.1 Å². The van der Waals surface area contributed by atoms with Crippen molar-refractivity contribution in [2.24, 2.45) is 0 Å². The molecule has 90 valence electrons. The molecule has 5 nitrogen and oxygen atoms in total. The normalized spacial score (nSPS) is 21.4. The van der Waals surface area contributed by atoms with Crippen LogP contribution in [0.3, 0.4) is 0 Å². The average molecular weight is 226 g/mol. The minimum atomic E-state index is -0.483. The minimum Gasteiger partial charge on any atom is -0.466 e. The average Bonchev–Trinajstić information content (AvgIpc) is 2.77. The highest BCUT2D eigenvalue weighted by molar-refractivity contribution is 5.70. The summed E-state index contributed by atoms with van der Waals surface area (Å²) in [6, 6.07) is 1.56. The Bertz CT molecular complexity index is 256. The molecule has 2 unspecified atom stereocenters. The van der Waals surface area contributed by atoms with Crippen LogP contribution in [0.5, 0.6) is 0 Å². The van der Waals surface area contributed by atoms with Gasteiger partial charge in [0.2, 0.25) is 0 Å². The molecule has 0 spiro atoms. The molecule has 0 amide bonds. The number of carbonyl (C=O) groups excluding carboxylic acids is 1. The molecule has 1 N–H and O–H groups in total. The number of nitrogens with zero attached hydrogens (tertiary/aromatic N) is 1. The number of esters is 1. The molecular weight excluding hydrogens is 208 g/mol. The molecule has 0 radical (unpaired) electrons. The quantitative estimate of drug-likeness (QED) is 0.671. The van der Waals surface area contributed by atoms with Gasteiger partial charge in [0, 0.05) is 13.2 Å². The highest BCUT2D eigenvalue weighted by Crippen LogP contribution is 2.10. The summed E-state index contributed by atoms with van der Waals surface area (Å²) >= 11 is 0. The minimum absolute atomic E-state index is 0.0943. The van der Waals surface area contributed by atoms with Crippen molar-refractivity contribution in [3.05, 3.63) is 0 Å². The van der Waals surface area contributed by atoms with Crippen molar-refractivity contribution < 1.29 is 14.3 Å².